The predicted molar refractivity (Wildman–Crippen MR) is 121 cm³/mol. The quantitative estimate of drug-likeness (QED) is 0.355. The first-order chi connectivity index (χ1) is 12.7. The van der Waals surface area contributed by atoms with Crippen LogP contribution in [-0.2, 0) is 12.8 Å². The summed E-state index contributed by atoms with van der Waals surface area (Å²) in [5.41, 5.74) is 0.636. The maximum atomic E-state index is 2.55. The molecule has 0 radical (unpaired) electrons. The highest BCUT2D eigenvalue weighted by Crippen LogP contribution is 2.48. The van der Waals surface area contributed by atoms with Gasteiger partial charge in [-0.25, -0.2) is 0 Å². The number of thiophene rings is 2. The summed E-state index contributed by atoms with van der Waals surface area (Å²) in [5, 5.41) is 1.53. The Kier molecular flexibility index (Phi) is 7.64. The van der Waals surface area contributed by atoms with E-state index >= 15 is 0 Å². The number of unbranched alkanes of at least 4 members (excludes halogenated alkanes) is 2. The lowest BCUT2D eigenvalue weighted by Crippen LogP contribution is -2.32. The molecule has 0 spiro atoms. The van der Waals surface area contributed by atoms with E-state index in [0.717, 1.165) is 5.92 Å². The van der Waals surface area contributed by atoms with Gasteiger partial charge in [-0.15, -0.1) is 22.7 Å². The maximum Gasteiger partial charge on any atom is 0.0870 e. The van der Waals surface area contributed by atoms with Gasteiger partial charge in [0.05, 0.1) is 4.01 Å². The van der Waals surface area contributed by atoms with Crippen molar-refractivity contribution in [1.29, 1.82) is 0 Å². The molecule has 3 rings (SSSR count). The van der Waals surface area contributed by atoms with Gasteiger partial charge in [-0.05, 0) is 62.0 Å². The molecule has 0 saturated heterocycles. The van der Waals surface area contributed by atoms with E-state index in [1.807, 2.05) is 0 Å². The molecule has 2 aromatic rings. The summed E-state index contributed by atoms with van der Waals surface area (Å²) in [5.74, 6) is 0.902. The SMILES string of the molecule is CCCCCc1cc2cc(CCC3(C(C)CCC)CCCCC3)sc2s1. The van der Waals surface area contributed by atoms with Crippen LogP contribution < -0.4 is 0 Å². The largest absolute Gasteiger partial charge is 0.129 e. The van der Waals surface area contributed by atoms with Crippen LogP contribution >= 0.6 is 22.7 Å². The molecule has 26 heavy (non-hydrogen) atoms. The molecule has 1 atom stereocenters. The molecule has 1 saturated carbocycles. The van der Waals surface area contributed by atoms with Crippen molar-refractivity contribution in [1.82, 2.24) is 0 Å². The van der Waals surface area contributed by atoms with Crippen LogP contribution in [0.2, 0.25) is 0 Å². The zero-order valence-electron chi connectivity index (χ0n) is 17.2. The standard InChI is InChI=1S/C24H38S2/c1-4-6-8-12-21-17-20-18-22(26-23(20)25-21)13-16-24(19(3)11-5-2)14-9-7-10-15-24/h17-19H,4-16H2,1-3H3. The molecule has 0 amide bonds. The summed E-state index contributed by atoms with van der Waals surface area (Å²) >= 11 is 4.15. The molecule has 0 nitrogen and oxygen atoms in total. The first-order valence-electron chi connectivity index (χ1n) is 11.2. The fraction of sp³-hybridized carbons (Fsp3) is 0.750. The van der Waals surface area contributed by atoms with Gasteiger partial charge in [0.2, 0.25) is 0 Å². The minimum atomic E-state index is 0.636. The van der Waals surface area contributed by atoms with E-state index in [0.29, 0.717) is 5.41 Å². The van der Waals surface area contributed by atoms with Crippen molar-refractivity contribution in [3.8, 4) is 0 Å². The first kappa shape index (κ1) is 20.4. The van der Waals surface area contributed by atoms with Crippen molar-refractivity contribution in [2.75, 3.05) is 0 Å². The zero-order chi connectivity index (χ0) is 18.4. The van der Waals surface area contributed by atoms with E-state index in [9.17, 15) is 0 Å². The number of hydrogen-bond acceptors (Lipinski definition) is 2. The maximum absolute atomic E-state index is 2.55. The number of fused-ring (bicyclic) bond motifs is 1. The van der Waals surface area contributed by atoms with Gasteiger partial charge in [-0.1, -0.05) is 65.7 Å². The Labute approximate surface area is 169 Å². The molecule has 2 heteroatoms. The highest BCUT2D eigenvalue weighted by atomic mass is 32.2. The van der Waals surface area contributed by atoms with Crippen molar-refractivity contribution in [2.45, 2.75) is 104 Å². The summed E-state index contributed by atoms with van der Waals surface area (Å²) in [7, 11) is 0. The lowest BCUT2D eigenvalue weighted by Gasteiger charge is -2.43. The third-order valence-corrected chi connectivity index (χ3v) is 9.34. The number of hydrogen-bond donors (Lipinski definition) is 0. The Bertz CT molecular complexity index is 625. The Hall–Kier alpha value is -0.340. The summed E-state index contributed by atoms with van der Waals surface area (Å²) in [6.07, 6.45) is 18.2. The van der Waals surface area contributed by atoms with Crippen LogP contribution in [0.4, 0.5) is 0 Å². The van der Waals surface area contributed by atoms with Gasteiger partial charge in [0.1, 0.15) is 0 Å². The molecule has 0 bridgehead atoms. The molecule has 2 aromatic heterocycles. The molecule has 0 aromatic carbocycles. The van der Waals surface area contributed by atoms with Crippen molar-refractivity contribution in [3.63, 3.8) is 0 Å². The Balaban J connectivity index is 1.62. The predicted octanol–water partition coefficient (Wildman–Crippen LogP) is 9.01. The second-order valence-corrected chi connectivity index (χ2v) is 11.3. The Morgan fingerprint density at radius 3 is 2.23 bits per heavy atom. The van der Waals surface area contributed by atoms with Crippen LogP contribution in [0.5, 0.6) is 0 Å². The smallest absolute Gasteiger partial charge is 0.0870 e. The highest BCUT2D eigenvalue weighted by Gasteiger charge is 2.36. The average Bonchev–Trinajstić information content (AvgIpc) is 3.19. The van der Waals surface area contributed by atoms with E-state index in [2.05, 4.69) is 55.6 Å². The highest BCUT2D eigenvalue weighted by molar-refractivity contribution is 7.38. The Morgan fingerprint density at radius 1 is 0.923 bits per heavy atom. The normalized spacial score (nSPS) is 18.4. The van der Waals surface area contributed by atoms with Crippen LogP contribution in [0.15, 0.2) is 12.1 Å². The van der Waals surface area contributed by atoms with Crippen LogP contribution in [-0.4, -0.2) is 0 Å². The van der Waals surface area contributed by atoms with Crippen molar-refractivity contribution < 1.29 is 0 Å². The van der Waals surface area contributed by atoms with E-state index in [1.54, 1.807) is 13.8 Å². The molecule has 1 fully saturated rings. The number of rotatable bonds is 10. The molecular weight excluding hydrogens is 352 g/mol. The third-order valence-electron chi connectivity index (χ3n) is 6.83. The van der Waals surface area contributed by atoms with Crippen molar-refractivity contribution in [3.05, 3.63) is 21.9 Å². The first-order valence-corrected chi connectivity index (χ1v) is 12.8. The van der Waals surface area contributed by atoms with E-state index in [-0.39, 0.29) is 0 Å². The minimum absolute atomic E-state index is 0.636. The van der Waals surface area contributed by atoms with Crippen LogP contribution in [0.1, 0.15) is 101 Å². The summed E-state index contributed by atoms with van der Waals surface area (Å²) in [6, 6.07) is 4.99. The van der Waals surface area contributed by atoms with Crippen LogP contribution in [0, 0.1) is 11.3 Å². The van der Waals surface area contributed by atoms with Gasteiger partial charge in [0, 0.05) is 15.1 Å². The third kappa shape index (κ3) is 4.93. The topological polar surface area (TPSA) is 0 Å². The van der Waals surface area contributed by atoms with Gasteiger partial charge >= 0.3 is 0 Å². The summed E-state index contributed by atoms with van der Waals surface area (Å²) in [4.78, 5) is 3.24. The molecular formula is C24H38S2. The molecule has 146 valence electrons. The monoisotopic (exact) mass is 390 g/mol. The fourth-order valence-corrected chi connectivity index (χ4v) is 7.67. The van der Waals surface area contributed by atoms with Gasteiger partial charge in [0.25, 0.3) is 0 Å². The molecule has 1 unspecified atom stereocenters. The molecule has 2 heterocycles. The van der Waals surface area contributed by atoms with Gasteiger partial charge in [0.15, 0.2) is 0 Å². The zero-order valence-corrected chi connectivity index (χ0v) is 18.9. The molecule has 1 aliphatic carbocycles. The number of aryl methyl sites for hydroxylation is 2. The lowest BCUT2D eigenvalue weighted by molar-refractivity contribution is 0.0886. The van der Waals surface area contributed by atoms with Gasteiger partial charge < -0.3 is 0 Å². The van der Waals surface area contributed by atoms with Gasteiger partial charge in [-0.3, -0.25) is 0 Å². The van der Waals surface area contributed by atoms with E-state index < -0.39 is 0 Å². The summed E-state index contributed by atoms with van der Waals surface area (Å²) in [6.45, 7) is 7.20. The fourth-order valence-electron chi connectivity index (χ4n) is 5.09. The lowest BCUT2D eigenvalue weighted by atomic mass is 9.63. The van der Waals surface area contributed by atoms with Crippen molar-refractivity contribution in [2.24, 2.45) is 11.3 Å². The van der Waals surface area contributed by atoms with E-state index in [4.69, 9.17) is 0 Å². The molecule has 0 aliphatic heterocycles. The van der Waals surface area contributed by atoms with Crippen LogP contribution in [0.3, 0.4) is 0 Å². The second kappa shape index (κ2) is 9.73. The van der Waals surface area contributed by atoms with E-state index in [1.165, 1.54) is 88.9 Å². The average molecular weight is 391 g/mol. The Morgan fingerprint density at radius 2 is 1.62 bits per heavy atom. The second-order valence-electron chi connectivity index (χ2n) is 8.74. The van der Waals surface area contributed by atoms with Crippen molar-refractivity contribution >= 4 is 32.1 Å². The van der Waals surface area contributed by atoms with Gasteiger partial charge in [-0.2, -0.15) is 0 Å². The molecule has 0 N–H and O–H groups in total. The summed E-state index contributed by atoms with van der Waals surface area (Å²) < 4.78 is 1.57. The molecule has 1 aliphatic rings. The minimum Gasteiger partial charge on any atom is -0.129 e. The van der Waals surface area contributed by atoms with Crippen LogP contribution in [0.25, 0.3) is 9.40 Å².